The highest BCUT2D eigenvalue weighted by atomic mass is 16.2. The molecule has 0 spiro atoms. The van der Waals surface area contributed by atoms with E-state index in [1.807, 2.05) is 61.7 Å². The molecule has 0 saturated heterocycles. The Morgan fingerprint density at radius 3 is 2.31 bits per heavy atom. The summed E-state index contributed by atoms with van der Waals surface area (Å²) in [6.07, 6.45) is 4.41. The van der Waals surface area contributed by atoms with Gasteiger partial charge in [-0.3, -0.25) is 9.59 Å². The zero-order chi connectivity index (χ0) is 28.3. The maximum absolute atomic E-state index is 13.4. The van der Waals surface area contributed by atoms with E-state index in [4.69, 9.17) is 17.2 Å². The summed E-state index contributed by atoms with van der Waals surface area (Å²) in [6, 6.07) is 16.6. The van der Waals surface area contributed by atoms with Gasteiger partial charge < -0.3 is 37.2 Å². The quantitative estimate of drug-likeness (QED) is 0.217. The molecular formula is C30H46N7O2+. The summed E-state index contributed by atoms with van der Waals surface area (Å²) in [5.74, 6) is -0.546. The van der Waals surface area contributed by atoms with Gasteiger partial charge in [-0.25, -0.2) is 0 Å². The molecule has 0 aromatic heterocycles. The van der Waals surface area contributed by atoms with Crippen molar-refractivity contribution in [3.63, 3.8) is 0 Å². The van der Waals surface area contributed by atoms with E-state index >= 15 is 0 Å². The minimum absolute atomic E-state index is 0.236. The molecule has 1 aliphatic rings. The second kappa shape index (κ2) is 14.8. The zero-order valence-corrected chi connectivity index (χ0v) is 23.4. The number of benzene rings is 2. The number of rotatable bonds is 15. The van der Waals surface area contributed by atoms with Crippen molar-refractivity contribution in [3.05, 3.63) is 71.4 Å². The molecule has 8 N–H and O–H groups in total. The summed E-state index contributed by atoms with van der Waals surface area (Å²) in [5, 5.41) is 6.00. The average molecular weight is 537 g/mol. The van der Waals surface area contributed by atoms with E-state index in [-0.39, 0.29) is 11.8 Å². The van der Waals surface area contributed by atoms with Crippen molar-refractivity contribution in [3.8, 4) is 0 Å². The van der Waals surface area contributed by atoms with E-state index in [9.17, 15) is 9.59 Å². The summed E-state index contributed by atoms with van der Waals surface area (Å²) in [5.41, 5.74) is 21.9. The van der Waals surface area contributed by atoms with Crippen LogP contribution in [-0.2, 0) is 16.0 Å². The number of nitrogens with one attached hydrogen (secondary N) is 2. The largest absolute Gasteiger partial charge is 0.368 e. The van der Waals surface area contributed by atoms with E-state index in [0.717, 1.165) is 53.0 Å². The van der Waals surface area contributed by atoms with Gasteiger partial charge in [0.15, 0.2) is 0 Å². The summed E-state index contributed by atoms with van der Waals surface area (Å²) < 4.78 is 0.760. The molecule has 0 radical (unpaired) electrons. The van der Waals surface area contributed by atoms with Crippen LogP contribution >= 0.6 is 0 Å². The molecule has 0 saturated carbocycles. The van der Waals surface area contributed by atoms with Crippen LogP contribution in [0.15, 0.2) is 60.3 Å². The number of aryl methyl sites for hydroxylation is 1. The van der Waals surface area contributed by atoms with Gasteiger partial charge in [-0.15, -0.1) is 0 Å². The lowest BCUT2D eigenvalue weighted by Gasteiger charge is -2.34. The third kappa shape index (κ3) is 9.18. The highest BCUT2D eigenvalue weighted by Gasteiger charge is 2.26. The Morgan fingerprint density at radius 2 is 1.62 bits per heavy atom. The van der Waals surface area contributed by atoms with Crippen molar-refractivity contribution in [2.75, 3.05) is 58.3 Å². The zero-order valence-electron chi connectivity index (χ0n) is 23.4. The third-order valence-electron chi connectivity index (χ3n) is 7.45. The van der Waals surface area contributed by atoms with Crippen molar-refractivity contribution in [1.29, 1.82) is 0 Å². The number of anilines is 1. The lowest BCUT2D eigenvalue weighted by atomic mass is 10.0. The minimum Gasteiger partial charge on any atom is -0.368 e. The number of fused-ring (bicyclic) bond motifs is 1. The van der Waals surface area contributed by atoms with Gasteiger partial charge >= 0.3 is 0 Å². The van der Waals surface area contributed by atoms with Crippen LogP contribution < -0.4 is 32.7 Å². The molecule has 3 rings (SSSR count). The SMILES string of the molecule is CN1CC(NC(=O)[C@@H](CCc2ccccc2)NC(=O)[C@@H](N)CCC[N+](C)(CCN)CCN)=Cc2ccccc21. The second-order valence-electron chi connectivity index (χ2n) is 10.8. The molecule has 0 fully saturated rings. The Hall–Kier alpha value is -3.24. The van der Waals surface area contributed by atoms with E-state index in [2.05, 4.69) is 28.6 Å². The minimum atomic E-state index is -0.706. The van der Waals surface area contributed by atoms with Gasteiger partial charge in [0, 0.05) is 31.5 Å². The van der Waals surface area contributed by atoms with Crippen LogP contribution in [0.3, 0.4) is 0 Å². The van der Waals surface area contributed by atoms with Crippen LogP contribution in [0.1, 0.15) is 30.4 Å². The monoisotopic (exact) mass is 536 g/mol. The van der Waals surface area contributed by atoms with Gasteiger partial charge in [-0.05, 0) is 49.0 Å². The van der Waals surface area contributed by atoms with Crippen LogP contribution in [0, 0.1) is 0 Å². The Labute approximate surface area is 233 Å². The number of carbonyl (C=O) groups is 2. The van der Waals surface area contributed by atoms with Crippen LogP contribution in [0.2, 0.25) is 0 Å². The number of amides is 2. The third-order valence-corrected chi connectivity index (χ3v) is 7.45. The molecule has 0 unspecified atom stereocenters. The number of nitrogens with two attached hydrogens (primary N) is 3. The molecule has 212 valence electrons. The fourth-order valence-electron chi connectivity index (χ4n) is 5.14. The lowest BCUT2D eigenvalue weighted by Crippen LogP contribution is -2.53. The van der Waals surface area contributed by atoms with Gasteiger partial charge in [0.1, 0.15) is 6.04 Å². The fraction of sp³-hybridized carbons (Fsp3) is 0.467. The molecule has 2 aromatic rings. The molecule has 9 heteroatoms. The number of para-hydroxylation sites is 1. The van der Waals surface area contributed by atoms with E-state index in [0.29, 0.717) is 38.9 Å². The highest BCUT2D eigenvalue weighted by Crippen LogP contribution is 2.26. The van der Waals surface area contributed by atoms with Gasteiger partial charge in [-0.2, -0.15) is 0 Å². The van der Waals surface area contributed by atoms with E-state index in [1.165, 1.54) is 0 Å². The second-order valence-corrected chi connectivity index (χ2v) is 10.8. The Kier molecular flexibility index (Phi) is 11.5. The first kappa shape index (κ1) is 30.3. The molecule has 1 aliphatic heterocycles. The van der Waals surface area contributed by atoms with Crippen LogP contribution in [-0.4, -0.2) is 81.7 Å². The average Bonchev–Trinajstić information content (AvgIpc) is 2.91. The smallest absolute Gasteiger partial charge is 0.246 e. The summed E-state index contributed by atoms with van der Waals surface area (Å²) >= 11 is 0. The normalized spacial score (nSPS) is 14.7. The van der Waals surface area contributed by atoms with Crippen LogP contribution in [0.25, 0.3) is 6.08 Å². The number of likely N-dealkylation sites (N-methyl/N-ethyl adjacent to an activating group) is 2. The lowest BCUT2D eigenvalue weighted by molar-refractivity contribution is -0.907. The summed E-state index contributed by atoms with van der Waals surface area (Å²) in [4.78, 5) is 28.6. The number of quaternary nitrogens is 1. The van der Waals surface area contributed by atoms with Gasteiger partial charge in [0.2, 0.25) is 11.8 Å². The molecule has 39 heavy (non-hydrogen) atoms. The Balaban J connectivity index is 1.64. The van der Waals surface area contributed by atoms with E-state index < -0.39 is 12.1 Å². The Morgan fingerprint density at radius 1 is 0.949 bits per heavy atom. The number of carbonyl (C=O) groups excluding carboxylic acids is 2. The van der Waals surface area contributed by atoms with Crippen LogP contribution in [0.5, 0.6) is 0 Å². The van der Waals surface area contributed by atoms with Crippen molar-refractivity contribution >= 4 is 23.6 Å². The molecule has 1 heterocycles. The summed E-state index contributed by atoms with van der Waals surface area (Å²) in [6.45, 7) is 4.24. The number of hydrogen-bond acceptors (Lipinski definition) is 6. The van der Waals surface area contributed by atoms with Crippen LogP contribution in [0.4, 0.5) is 5.69 Å². The van der Waals surface area contributed by atoms with Crippen molar-refractivity contribution in [2.24, 2.45) is 17.2 Å². The Bertz CT molecular complexity index is 1100. The molecule has 0 aliphatic carbocycles. The van der Waals surface area contributed by atoms with E-state index in [1.54, 1.807) is 0 Å². The van der Waals surface area contributed by atoms with Crippen molar-refractivity contribution in [1.82, 2.24) is 10.6 Å². The predicted molar refractivity (Wildman–Crippen MR) is 159 cm³/mol. The maximum atomic E-state index is 13.4. The maximum Gasteiger partial charge on any atom is 0.246 e. The number of hydrogen-bond donors (Lipinski definition) is 5. The first-order valence-electron chi connectivity index (χ1n) is 13.9. The molecule has 2 atom stereocenters. The predicted octanol–water partition coefficient (Wildman–Crippen LogP) is 1.18. The number of nitrogens with zero attached hydrogens (tertiary/aromatic N) is 2. The molecule has 2 aromatic carbocycles. The molecule has 9 nitrogen and oxygen atoms in total. The molecular weight excluding hydrogens is 490 g/mol. The highest BCUT2D eigenvalue weighted by molar-refractivity contribution is 5.91. The molecule has 0 bridgehead atoms. The van der Waals surface area contributed by atoms with Gasteiger partial charge in [0.25, 0.3) is 0 Å². The first-order chi connectivity index (χ1) is 18.7. The van der Waals surface area contributed by atoms with Crippen molar-refractivity contribution < 1.29 is 14.1 Å². The van der Waals surface area contributed by atoms with Gasteiger partial charge in [0.05, 0.1) is 39.3 Å². The fourth-order valence-corrected chi connectivity index (χ4v) is 5.14. The molecule has 2 amide bonds. The van der Waals surface area contributed by atoms with Gasteiger partial charge in [-0.1, -0.05) is 48.5 Å². The summed E-state index contributed by atoms with van der Waals surface area (Å²) in [7, 11) is 4.13. The first-order valence-corrected chi connectivity index (χ1v) is 13.9. The van der Waals surface area contributed by atoms with Crippen molar-refractivity contribution in [2.45, 2.75) is 37.8 Å². The standard InChI is InChI=1S/C30H45N7O2/c1-36-22-25(21-24-11-6-7-13-28(24)36)34-30(39)27(15-14-23-9-4-3-5-10-23)35-29(38)26(33)12-8-18-37(2,19-16-31)20-17-32/h3-7,9-11,13,21,26-27H,8,12,14-20,22,31-33H2,1-2H3,(H-,34,35,38,39)/p+1/t26-,27+/m0/s1. The topological polar surface area (TPSA) is 140 Å².